The number of halogens is 1. The zero-order valence-electron chi connectivity index (χ0n) is 9.03. The van der Waals surface area contributed by atoms with E-state index in [-0.39, 0.29) is 0 Å². The molecule has 0 spiro atoms. The first-order chi connectivity index (χ1) is 7.63. The summed E-state index contributed by atoms with van der Waals surface area (Å²) in [6.07, 6.45) is 0. The molecular weight excluding hydrogens is 226 g/mol. The molecule has 0 radical (unpaired) electrons. The average Bonchev–Trinajstić information content (AvgIpc) is 2.63. The molecule has 3 N–H and O–H groups in total. The van der Waals surface area contributed by atoms with Crippen LogP contribution in [0, 0.1) is 0 Å². The van der Waals surface area contributed by atoms with Crippen LogP contribution in [0.4, 0.5) is 11.6 Å². The fourth-order valence-corrected chi connectivity index (χ4v) is 1.68. The Morgan fingerprint density at radius 3 is 2.75 bits per heavy atom. The van der Waals surface area contributed by atoms with E-state index in [4.69, 9.17) is 17.3 Å². The molecule has 0 amide bonds. The van der Waals surface area contributed by atoms with Gasteiger partial charge in [-0.2, -0.15) is 0 Å². The van der Waals surface area contributed by atoms with Crippen LogP contribution < -0.4 is 11.1 Å². The van der Waals surface area contributed by atoms with Crippen LogP contribution in [0.25, 0.3) is 11.4 Å². The van der Waals surface area contributed by atoms with Crippen molar-refractivity contribution in [2.24, 2.45) is 7.05 Å². The number of hydrogen-bond donors (Lipinski definition) is 2. The van der Waals surface area contributed by atoms with E-state index in [0.29, 0.717) is 22.5 Å². The highest BCUT2D eigenvalue weighted by Crippen LogP contribution is 2.28. The van der Waals surface area contributed by atoms with Gasteiger partial charge in [0, 0.05) is 30.4 Å². The third-order valence-corrected chi connectivity index (χ3v) is 2.59. The van der Waals surface area contributed by atoms with E-state index < -0.39 is 0 Å². The third-order valence-electron chi connectivity index (χ3n) is 2.35. The van der Waals surface area contributed by atoms with Crippen LogP contribution in [0.2, 0.25) is 5.02 Å². The summed E-state index contributed by atoms with van der Waals surface area (Å²) >= 11 is 5.93. The van der Waals surface area contributed by atoms with Gasteiger partial charge in [-0.15, -0.1) is 10.2 Å². The van der Waals surface area contributed by atoms with Crippen molar-refractivity contribution in [1.82, 2.24) is 14.8 Å². The minimum atomic E-state index is 0.623. The Labute approximate surface area is 98.2 Å². The van der Waals surface area contributed by atoms with Crippen LogP contribution in [0.5, 0.6) is 0 Å². The molecule has 2 rings (SSSR count). The van der Waals surface area contributed by atoms with Crippen LogP contribution >= 0.6 is 11.6 Å². The highest BCUT2D eigenvalue weighted by atomic mass is 35.5. The number of nitrogens with zero attached hydrogens (tertiary/aromatic N) is 3. The third kappa shape index (κ3) is 1.69. The van der Waals surface area contributed by atoms with Gasteiger partial charge in [-0.05, 0) is 18.2 Å². The number of nitrogens with two attached hydrogens (primary N) is 1. The first-order valence-electron chi connectivity index (χ1n) is 4.76. The molecule has 0 fully saturated rings. The summed E-state index contributed by atoms with van der Waals surface area (Å²) in [7, 11) is 3.65. The van der Waals surface area contributed by atoms with E-state index >= 15 is 0 Å². The van der Waals surface area contributed by atoms with Crippen molar-refractivity contribution in [3.63, 3.8) is 0 Å². The van der Waals surface area contributed by atoms with Gasteiger partial charge in [0.25, 0.3) is 0 Å². The molecule has 5 nitrogen and oxygen atoms in total. The van der Waals surface area contributed by atoms with Gasteiger partial charge >= 0.3 is 0 Å². The van der Waals surface area contributed by atoms with E-state index in [1.54, 1.807) is 25.2 Å². The van der Waals surface area contributed by atoms with Crippen molar-refractivity contribution in [3.8, 4) is 11.4 Å². The molecule has 0 saturated carbocycles. The molecule has 1 aromatic carbocycles. The van der Waals surface area contributed by atoms with Crippen molar-refractivity contribution in [3.05, 3.63) is 23.2 Å². The van der Waals surface area contributed by atoms with Gasteiger partial charge in [0.15, 0.2) is 5.82 Å². The van der Waals surface area contributed by atoms with Gasteiger partial charge < -0.3 is 11.1 Å². The summed E-state index contributed by atoms with van der Waals surface area (Å²) in [5.74, 6) is 1.36. The second kappa shape index (κ2) is 4.02. The van der Waals surface area contributed by atoms with Crippen molar-refractivity contribution in [2.75, 3.05) is 18.1 Å². The minimum Gasteiger partial charge on any atom is -0.398 e. The van der Waals surface area contributed by atoms with Gasteiger partial charge in [0.1, 0.15) is 0 Å². The first kappa shape index (κ1) is 10.8. The van der Waals surface area contributed by atoms with Crippen molar-refractivity contribution in [2.45, 2.75) is 0 Å². The lowest BCUT2D eigenvalue weighted by Gasteiger charge is -2.06. The second-order valence-electron chi connectivity index (χ2n) is 3.39. The summed E-state index contributed by atoms with van der Waals surface area (Å²) < 4.78 is 1.82. The highest BCUT2D eigenvalue weighted by molar-refractivity contribution is 6.31. The summed E-state index contributed by atoms with van der Waals surface area (Å²) in [4.78, 5) is 0. The molecule has 2 aromatic rings. The number of nitrogen functional groups attached to an aromatic ring is 1. The Morgan fingerprint density at radius 2 is 2.12 bits per heavy atom. The standard InChI is InChI=1S/C10H12ClN5/c1-13-10-15-14-9(16(10)2)7-5-6(11)3-4-8(7)12/h3-5H,12H2,1-2H3,(H,13,15). The maximum absolute atomic E-state index is 5.93. The lowest BCUT2D eigenvalue weighted by molar-refractivity contribution is 0.925. The molecule has 0 unspecified atom stereocenters. The van der Waals surface area contributed by atoms with E-state index in [0.717, 1.165) is 5.56 Å². The zero-order chi connectivity index (χ0) is 11.7. The number of rotatable bonds is 2. The Bertz CT molecular complexity index is 520. The monoisotopic (exact) mass is 237 g/mol. The van der Waals surface area contributed by atoms with Gasteiger partial charge in [0.2, 0.25) is 5.95 Å². The predicted octanol–water partition coefficient (Wildman–Crippen LogP) is 1.76. The molecule has 0 bridgehead atoms. The van der Waals surface area contributed by atoms with Gasteiger partial charge in [-0.3, -0.25) is 4.57 Å². The molecule has 1 heterocycles. The van der Waals surface area contributed by atoms with E-state index in [1.807, 2.05) is 11.6 Å². The van der Waals surface area contributed by atoms with Crippen molar-refractivity contribution >= 4 is 23.2 Å². The number of aromatic nitrogens is 3. The van der Waals surface area contributed by atoms with Crippen LogP contribution in [0.15, 0.2) is 18.2 Å². The number of anilines is 2. The average molecular weight is 238 g/mol. The molecule has 1 aromatic heterocycles. The van der Waals surface area contributed by atoms with Gasteiger partial charge in [-0.25, -0.2) is 0 Å². The topological polar surface area (TPSA) is 68.8 Å². The van der Waals surface area contributed by atoms with Crippen molar-refractivity contribution in [1.29, 1.82) is 0 Å². The Balaban J connectivity index is 2.58. The first-order valence-corrected chi connectivity index (χ1v) is 5.14. The van der Waals surface area contributed by atoms with E-state index in [9.17, 15) is 0 Å². The summed E-state index contributed by atoms with van der Waals surface area (Å²) in [5, 5.41) is 11.6. The number of nitrogens with one attached hydrogen (secondary N) is 1. The van der Waals surface area contributed by atoms with E-state index in [1.165, 1.54) is 0 Å². The van der Waals surface area contributed by atoms with E-state index in [2.05, 4.69) is 15.5 Å². The van der Waals surface area contributed by atoms with Crippen LogP contribution in [-0.2, 0) is 7.05 Å². The maximum atomic E-state index is 5.93. The molecule has 0 aliphatic rings. The Hall–Kier alpha value is -1.75. The second-order valence-corrected chi connectivity index (χ2v) is 3.82. The fraction of sp³-hybridized carbons (Fsp3) is 0.200. The summed E-state index contributed by atoms with van der Waals surface area (Å²) in [6.45, 7) is 0. The molecule has 16 heavy (non-hydrogen) atoms. The summed E-state index contributed by atoms with van der Waals surface area (Å²) in [5.41, 5.74) is 7.29. The Morgan fingerprint density at radius 1 is 1.38 bits per heavy atom. The SMILES string of the molecule is CNc1nnc(-c2cc(Cl)ccc2N)n1C. The maximum Gasteiger partial charge on any atom is 0.224 e. The highest BCUT2D eigenvalue weighted by Gasteiger charge is 2.12. The summed E-state index contributed by atoms with van der Waals surface area (Å²) in [6, 6.07) is 5.28. The quantitative estimate of drug-likeness (QED) is 0.781. The lowest BCUT2D eigenvalue weighted by Crippen LogP contribution is -2.01. The molecule has 0 atom stereocenters. The normalized spacial score (nSPS) is 10.4. The van der Waals surface area contributed by atoms with Crippen LogP contribution in [0.1, 0.15) is 0 Å². The lowest BCUT2D eigenvalue weighted by atomic mass is 10.1. The van der Waals surface area contributed by atoms with Gasteiger partial charge in [0.05, 0.1) is 0 Å². The zero-order valence-corrected chi connectivity index (χ0v) is 9.78. The smallest absolute Gasteiger partial charge is 0.224 e. The molecular formula is C10H12ClN5. The minimum absolute atomic E-state index is 0.623. The van der Waals surface area contributed by atoms with Crippen LogP contribution in [-0.4, -0.2) is 21.8 Å². The van der Waals surface area contributed by atoms with Gasteiger partial charge in [-0.1, -0.05) is 11.6 Å². The van der Waals surface area contributed by atoms with Crippen LogP contribution in [0.3, 0.4) is 0 Å². The fourth-order valence-electron chi connectivity index (χ4n) is 1.50. The Kier molecular flexibility index (Phi) is 2.70. The molecule has 84 valence electrons. The predicted molar refractivity (Wildman–Crippen MR) is 65.4 cm³/mol. The molecule has 0 saturated heterocycles. The molecule has 0 aliphatic heterocycles. The van der Waals surface area contributed by atoms with Crippen molar-refractivity contribution < 1.29 is 0 Å². The number of hydrogen-bond acceptors (Lipinski definition) is 4. The number of benzene rings is 1. The molecule has 6 heteroatoms. The largest absolute Gasteiger partial charge is 0.398 e. The molecule has 0 aliphatic carbocycles.